The fraction of sp³-hybridized carbons (Fsp3) is 0.250. The summed E-state index contributed by atoms with van der Waals surface area (Å²) in [6.07, 6.45) is -1.26. The molecule has 0 aliphatic carbocycles. The normalized spacial score (nSPS) is 17.1. The number of hydrogen-bond donors (Lipinski definition) is 1. The van der Waals surface area contributed by atoms with Crippen LogP contribution in [-0.2, 0) is 20.7 Å². The van der Waals surface area contributed by atoms with Crippen LogP contribution < -0.4 is 5.73 Å². The van der Waals surface area contributed by atoms with Gasteiger partial charge in [-0.2, -0.15) is 0 Å². The minimum Gasteiger partial charge on any atom is -0.449 e. The maximum Gasteiger partial charge on any atom is 0.417 e. The van der Waals surface area contributed by atoms with E-state index >= 15 is 0 Å². The van der Waals surface area contributed by atoms with Crippen LogP contribution in [0, 0.1) is 0 Å². The molecule has 2 aromatic rings. The van der Waals surface area contributed by atoms with E-state index in [1.54, 1.807) is 24.3 Å². The highest BCUT2D eigenvalue weighted by atomic mass is 35.5. The minimum atomic E-state index is -1.00. The summed E-state index contributed by atoms with van der Waals surface area (Å²) in [5.41, 5.74) is 6.58. The summed E-state index contributed by atoms with van der Waals surface area (Å²) in [6, 6.07) is 15.6. The Morgan fingerprint density at radius 2 is 1.86 bits per heavy atom. The molecular weight excluding hydrogens is 384 g/mol. The van der Waals surface area contributed by atoms with Crippen molar-refractivity contribution in [3.8, 4) is 0 Å². The van der Waals surface area contributed by atoms with Crippen LogP contribution in [0.15, 0.2) is 54.6 Å². The van der Waals surface area contributed by atoms with E-state index in [9.17, 15) is 14.4 Å². The summed E-state index contributed by atoms with van der Waals surface area (Å²) in [7, 11) is 0. The molecule has 1 heterocycles. The van der Waals surface area contributed by atoms with Crippen molar-refractivity contribution in [2.24, 2.45) is 5.73 Å². The van der Waals surface area contributed by atoms with Gasteiger partial charge in [0, 0.05) is 5.02 Å². The molecule has 0 unspecified atom stereocenters. The Kier molecular flexibility index (Phi) is 6.16. The van der Waals surface area contributed by atoms with E-state index < -0.39 is 30.1 Å². The van der Waals surface area contributed by atoms with Gasteiger partial charge in [0.1, 0.15) is 13.2 Å². The van der Waals surface area contributed by atoms with E-state index in [4.69, 9.17) is 26.8 Å². The minimum absolute atomic E-state index is 0.101. The summed E-state index contributed by atoms with van der Waals surface area (Å²) >= 11 is 5.91. The molecule has 1 saturated heterocycles. The molecule has 1 aliphatic rings. The van der Waals surface area contributed by atoms with Crippen LogP contribution in [0.5, 0.6) is 0 Å². The number of rotatable bonds is 6. The summed E-state index contributed by atoms with van der Waals surface area (Å²) in [5, 5.41) is 0.494. The number of halogens is 1. The van der Waals surface area contributed by atoms with E-state index in [1.807, 2.05) is 30.3 Å². The zero-order valence-corrected chi connectivity index (χ0v) is 15.7. The zero-order chi connectivity index (χ0) is 20.1. The number of nitrogens with zero attached hydrogens (tertiary/aromatic N) is 1. The number of carbonyl (C=O) groups is 3. The van der Waals surface area contributed by atoms with E-state index in [0.717, 1.165) is 10.5 Å². The van der Waals surface area contributed by atoms with E-state index in [0.29, 0.717) is 17.0 Å². The molecule has 0 spiro atoms. The van der Waals surface area contributed by atoms with Crippen molar-refractivity contribution in [1.29, 1.82) is 0 Å². The third-order valence-corrected chi connectivity index (χ3v) is 4.73. The Balaban J connectivity index is 1.85. The predicted molar refractivity (Wildman–Crippen MR) is 102 cm³/mol. The molecule has 2 N–H and O–H groups in total. The van der Waals surface area contributed by atoms with Crippen LogP contribution in [0.3, 0.4) is 0 Å². The number of carbonyl (C=O) groups excluding carboxylic acids is 3. The molecule has 1 aliphatic heterocycles. The number of ether oxygens (including phenoxy) is 2. The van der Waals surface area contributed by atoms with Crippen LogP contribution in [0.2, 0.25) is 5.02 Å². The molecular formula is C20H19ClN2O5. The van der Waals surface area contributed by atoms with Crippen molar-refractivity contribution in [3.05, 3.63) is 70.7 Å². The molecule has 28 heavy (non-hydrogen) atoms. The third-order valence-electron chi connectivity index (χ3n) is 4.48. The van der Waals surface area contributed by atoms with Gasteiger partial charge in [-0.15, -0.1) is 0 Å². The molecule has 8 heteroatoms. The molecule has 0 radical (unpaired) electrons. The first-order valence-corrected chi connectivity index (χ1v) is 9.05. The molecule has 2 aromatic carbocycles. The molecule has 7 nitrogen and oxygen atoms in total. The van der Waals surface area contributed by atoms with Gasteiger partial charge in [-0.1, -0.05) is 54.1 Å². The first-order chi connectivity index (χ1) is 13.5. The second-order valence-corrected chi connectivity index (χ2v) is 6.80. The number of nitrogens with two attached hydrogens (primary N) is 1. The molecule has 0 aromatic heterocycles. The first kappa shape index (κ1) is 19.7. The second kappa shape index (κ2) is 8.75. The van der Waals surface area contributed by atoms with Crippen molar-refractivity contribution in [3.63, 3.8) is 0 Å². The maximum atomic E-state index is 13.2. The van der Waals surface area contributed by atoms with Gasteiger partial charge in [-0.25, -0.2) is 14.5 Å². The van der Waals surface area contributed by atoms with Gasteiger partial charge in [0.2, 0.25) is 5.91 Å². The fourth-order valence-electron chi connectivity index (χ4n) is 3.11. The summed E-state index contributed by atoms with van der Waals surface area (Å²) in [5.74, 6) is -1.43. The lowest BCUT2D eigenvalue weighted by Gasteiger charge is -2.25. The van der Waals surface area contributed by atoms with Gasteiger partial charge in [0.25, 0.3) is 0 Å². The highest BCUT2D eigenvalue weighted by molar-refractivity contribution is 6.30. The zero-order valence-electron chi connectivity index (χ0n) is 14.9. The van der Waals surface area contributed by atoms with E-state index in [2.05, 4.69) is 0 Å². The summed E-state index contributed by atoms with van der Waals surface area (Å²) in [4.78, 5) is 37.6. The smallest absolute Gasteiger partial charge is 0.417 e. The molecule has 0 saturated carbocycles. The topological polar surface area (TPSA) is 98.9 Å². The number of imide groups is 1. The molecule has 3 amide bonds. The van der Waals surface area contributed by atoms with E-state index in [-0.39, 0.29) is 13.2 Å². The average Bonchev–Trinajstić information content (AvgIpc) is 3.04. The SMILES string of the molecule is NC(=O)OC[C@@H](C(=O)N1C(=O)OC[C@H]1Cc1ccccc1)c1ccc(Cl)cc1. The molecule has 1 fully saturated rings. The van der Waals surface area contributed by atoms with E-state index in [1.165, 1.54) is 0 Å². The molecule has 146 valence electrons. The van der Waals surface area contributed by atoms with Gasteiger partial charge in [-0.3, -0.25) is 4.79 Å². The van der Waals surface area contributed by atoms with Gasteiger partial charge >= 0.3 is 12.2 Å². The van der Waals surface area contributed by atoms with Crippen LogP contribution >= 0.6 is 11.6 Å². The number of benzene rings is 2. The number of hydrogen-bond acceptors (Lipinski definition) is 5. The predicted octanol–water partition coefficient (Wildman–Crippen LogP) is 3.11. The van der Waals surface area contributed by atoms with Crippen molar-refractivity contribution in [2.75, 3.05) is 13.2 Å². The Morgan fingerprint density at radius 3 is 2.50 bits per heavy atom. The lowest BCUT2D eigenvalue weighted by atomic mass is 9.97. The van der Waals surface area contributed by atoms with Gasteiger partial charge in [0.15, 0.2) is 0 Å². The first-order valence-electron chi connectivity index (χ1n) is 8.67. The molecule has 0 bridgehead atoms. The van der Waals surface area contributed by atoms with Crippen molar-refractivity contribution in [2.45, 2.75) is 18.4 Å². The maximum absolute atomic E-state index is 13.2. The van der Waals surface area contributed by atoms with Gasteiger partial charge in [-0.05, 0) is 29.7 Å². The Hall–Kier alpha value is -3.06. The van der Waals surface area contributed by atoms with Crippen molar-refractivity contribution < 1.29 is 23.9 Å². The van der Waals surface area contributed by atoms with Crippen molar-refractivity contribution >= 4 is 29.7 Å². The van der Waals surface area contributed by atoms with Gasteiger partial charge < -0.3 is 15.2 Å². The third kappa shape index (κ3) is 4.61. The Morgan fingerprint density at radius 1 is 1.18 bits per heavy atom. The Bertz CT molecular complexity index is 857. The second-order valence-electron chi connectivity index (χ2n) is 6.36. The average molecular weight is 403 g/mol. The quantitative estimate of drug-likeness (QED) is 0.800. The fourth-order valence-corrected chi connectivity index (χ4v) is 3.23. The number of primary amides is 1. The van der Waals surface area contributed by atoms with Gasteiger partial charge in [0.05, 0.1) is 12.0 Å². The highest BCUT2D eigenvalue weighted by Gasteiger charge is 2.41. The largest absolute Gasteiger partial charge is 0.449 e. The lowest BCUT2D eigenvalue weighted by Crippen LogP contribution is -2.44. The van der Waals surface area contributed by atoms with Crippen LogP contribution in [0.25, 0.3) is 0 Å². The highest BCUT2D eigenvalue weighted by Crippen LogP contribution is 2.26. The van der Waals surface area contributed by atoms with Crippen LogP contribution in [-0.4, -0.2) is 42.2 Å². The Labute approximate surface area is 167 Å². The van der Waals surface area contributed by atoms with Crippen LogP contribution in [0.4, 0.5) is 9.59 Å². The number of amides is 3. The summed E-state index contributed by atoms with van der Waals surface area (Å²) in [6.45, 7) is -0.193. The molecule has 3 rings (SSSR count). The summed E-state index contributed by atoms with van der Waals surface area (Å²) < 4.78 is 9.98. The lowest BCUT2D eigenvalue weighted by molar-refractivity contribution is -0.131. The monoisotopic (exact) mass is 402 g/mol. The van der Waals surface area contributed by atoms with Crippen molar-refractivity contribution in [1.82, 2.24) is 4.90 Å². The standard InChI is InChI=1S/C20H19ClN2O5/c21-15-8-6-14(7-9-15)17(12-27-19(22)25)18(24)23-16(11-28-20(23)26)10-13-4-2-1-3-5-13/h1-9,16-17H,10-12H2,(H2,22,25)/t16-,17-/m1/s1. The number of cyclic esters (lactones) is 1. The van der Waals surface area contributed by atoms with Crippen LogP contribution in [0.1, 0.15) is 17.0 Å². The molecule has 2 atom stereocenters.